The molecular weight excluding hydrogens is 296 g/mol. The smallest absolute Gasteiger partial charge is 0.157 e. The van der Waals surface area contributed by atoms with Crippen molar-refractivity contribution in [3.05, 3.63) is 0 Å². The first-order valence-electron chi connectivity index (χ1n) is 9.00. The van der Waals surface area contributed by atoms with E-state index in [1.807, 2.05) is 34.7 Å². The van der Waals surface area contributed by atoms with E-state index in [1.165, 1.54) is 0 Å². The van der Waals surface area contributed by atoms with Crippen molar-refractivity contribution < 1.29 is 18.9 Å². The molecule has 0 unspecified atom stereocenters. The molecule has 0 aliphatic rings. The van der Waals surface area contributed by atoms with Gasteiger partial charge in [-0.1, -0.05) is 0 Å². The Morgan fingerprint density at radius 2 is 1.13 bits per heavy atom. The molecule has 0 heterocycles. The van der Waals surface area contributed by atoms with E-state index in [0.717, 1.165) is 45.4 Å². The molecule has 0 spiro atoms. The van der Waals surface area contributed by atoms with E-state index in [-0.39, 0.29) is 12.6 Å². The summed E-state index contributed by atoms with van der Waals surface area (Å²) in [6.45, 7) is 12.5. The molecule has 0 fully saturated rings. The Hall–Kier alpha value is -0.240. The monoisotopic (exact) mass is 336 g/mol. The van der Waals surface area contributed by atoms with Crippen molar-refractivity contribution in [2.24, 2.45) is 5.73 Å². The fraction of sp³-hybridized carbons (Fsp3) is 1.00. The number of ether oxygens (including phenoxy) is 4. The molecule has 0 radical (unpaired) electrons. The van der Waals surface area contributed by atoms with Gasteiger partial charge in [-0.2, -0.15) is 0 Å². The molecule has 0 aromatic rings. The lowest BCUT2D eigenvalue weighted by Crippen LogP contribution is -2.19. The zero-order chi connectivity index (χ0) is 17.8. The second kappa shape index (κ2) is 21.8. The normalized spacial score (nSPS) is 11.0. The molecule has 6 nitrogen and oxygen atoms in total. The topological polar surface area (TPSA) is 75.0 Å². The van der Waals surface area contributed by atoms with E-state index in [2.05, 4.69) is 5.32 Å². The molecule has 23 heavy (non-hydrogen) atoms. The highest BCUT2D eigenvalue weighted by molar-refractivity contribution is 4.48. The molecule has 0 saturated carbocycles. The molecule has 3 N–H and O–H groups in total. The predicted octanol–water partition coefficient (Wildman–Crippen LogP) is 2.51. The summed E-state index contributed by atoms with van der Waals surface area (Å²) in [7, 11) is 1.95. The highest BCUT2D eigenvalue weighted by Gasteiger charge is 2.06. The molecule has 0 rings (SSSR count). The summed E-state index contributed by atoms with van der Waals surface area (Å²) in [5, 5.41) is 3.10. The molecule has 0 aliphatic carbocycles. The molecular formula is C17H40N2O4. The molecule has 142 valence electrons. The van der Waals surface area contributed by atoms with Crippen LogP contribution in [0.25, 0.3) is 0 Å². The highest BCUT2D eigenvalue weighted by atomic mass is 16.7. The van der Waals surface area contributed by atoms with Gasteiger partial charge < -0.3 is 30.0 Å². The van der Waals surface area contributed by atoms with Gasteiger partial charge >= 0.3 is 0 Å². The maximum atomic E-state index is 5.38. The van der Waals surface area contributed by atoms with Crippen molar-refractivity contribution in [1.82, 2.24) is 5.32 Å². The van der Waals surface area contributed by atoms with Crippen LogP contribution in [0.1, 0.15) is 53.4 Å². The first kappa shape index (κ1) is 25.0. The molecule has 0 aliphatic heterocycles. The van der Waals surface area contributed by atoms with E-state index in [4.69, 9.17) is 24.7 Å². The Bertz CT molecular complexity index is 197. The van der Waals surface area contributed by atoms with E-state index in [0.29, 0.717) is 19.8 Å². The summed E-state index contributed by atoms with van der Waals surface area (Å²) >= 11 is 0. The molecule has 0 bridgehead atoms. The quantitative estimate of drug-likeness (QED) is 0.353. The van der Waals surface area contributed by atoms with Crippen LogP contribution in [-0.2, 0) is 18.9 Å². The minimum atomic E-state index is -0.0476. The molecule has 0 atom stereocenters. The van der Waals surface area contributed by atoms with Gasteiger partial charge in [0.05, 0.1) is 0 Å². The van der Waals surface area contributed by atoms with E-state index < -0.39 is 0 Å². The SMILES string of the molecule is CCOC(CCCN)OCC.CCOC(CCCNC)OCC. The van der Waals surface area contributed by atoms with Gasteiger partial charge in [0.2, 0.25) is 0 Å². The third kappa shape index (κ3) is 19.7. The first-order chi connectivity index (χ1) is 11.2. The van der Waals surface area contributed by atoms with Gasteiger partial charge in [-0.15, -0.1) is 0 Å². The maximum Gasteiger partial charge on any atom is 0.157 e. The van der Waals surface area contributed by atoms with Gasteiger partial charge in [0.1, 0.15) is 0 Å². The van der Waals surface area contributed by atoms with Crippen LogP contribution >= 0.6 is 0 Å². The van der Waals surface area contributed by atoms with Gasteiger partial charge in [0.15, 0.2) is 12.6 Å². The standard InChI is InChI=1S/C9H21NO2.C8H19NO2/c1-4-11-9(12-5-2)7-6-8-10-3;1-3-10-8(11-4-2)6-5-7-9/h9-10H,4-8H2,1-3H3;8H,3-7,9H2,1-2H3. The fourth-order valence-electron chi connectivity index (χ4n) is 1.90. The van der Waals surface area contributed by atoms with E-state index in [1.54, 1.807) is 0 Å². The fourth-order valence-corrected chi connectivity index (χ4v) is 1.90. The maximum absolute atomic E-state index is 5.38. The highest BCUT2D eigenvalue weighted by Crippen LogP contribution is 2.03. The van der Waals surface area contributed by atoms with E-state index >= 15 is 0 Å². The number of hydrogen-bond acceptors (Lipinski definition) is 6. The van der Waals surface area contributed by atoms with Gasteiger partial charge in [0, 0.05) is 26.4 Å². The average molecular weight is 337 g/mol. The average Bonchev–Trinajstić information content (AvgIpc) is 2.54. The molecule has 0 aromatic carbocycles. The Labute approximate surface area is 143 Å². The lowest BCUT2D eigenvalue weighted by Gasteiger charge is -2.16. The van der Waals surface area contributed by atoms with Crippen LogP contribution in [0.15, 0.2) is 0 Å². The minimum Gasteiger partial charge on any atom is -0.353 e. The van der Waals surface area contributed by atoms with Crippen molar-refractivity contribution in [2.45, 2.75) is 66.0 Å². The van der Waals surface area contributed by atoms with Crippen LogP contribution in [0.2, 0.25) is 0 Å². The van der Waals surface area contributed by atoms with Crippen LogP contribution in [0.4, 0.5) is 0 Å². The first-order valence-corrected chi connectivity index (χ1v) is 9.00. The number of nitrogens with one attached hydrogen (secondary N) is 1. The lowest BCUT2D eigenvalue weighted by molar-refractivity contribution is -0.140. The minimum absolute atomic E-state index is 0.00616. The number of nitrogens with two attached hydrogens (primary N) is 1. The van der Waals surface area contributed by atoms with Crippen molar-refractivity contribution in [3.8, 4) is 0 Å². The lowest BCUT2D eigenvalue weighted by atomic mass is 10.3. The predicted molar refractivity (Wildman–Crippen MR) is 95.5 cm³/mol. The number of hydrogen-bond donors (Lipinski definition) is 2. The Balaban J connectivity index is 0. The van der Waals surface area contributed by atoms with Crippen molar-refractivity contribution >= 4 is 0 Å². The van der Waals surface area contributed by atoms with Crippen molar-refractivity contribution in [1.29, 1.82) is 0 Å². The largest absolute Gasteiger partial charge is 0.353 e. The van der Waals surface area contributed by atoms with Crippen LogP contribution in [-0.4, -0.2) is 59.1 Å². The third-order valence-corrected chi connectivity index (χ3v) is 2.92. The molecule has 0 aromatic heterocycles. The van der Waals surface area contributed by atoms with Crippen LogP contribution < -0.4 is 11.1 Å². The van der Waals surface area contributed by atoms with Crippen LogP contribution in [0.3, 0.4) is 0 Å². The summed E-state index contributed by atoms with van der Waals surface area (Å²) < 4.78 is 21.4. The van der Waals surface area contributed by atoms with Crippen molar-refractivity contribution in [3.63, 3.8) is 0 Å². The Morgan fingerprint density at radius 3 is 1.43 bits per heavy atom. The summed E-state index contributed by atoms with van der Waals surface area (Å²) in [6.07, 6.45) is 3.88. The Morgan fingerprint density at radius 1 is 0.739 bits per heavy atom. The van der Waals surface area contributed by atoms with Crippen LogP contribution in [0, 0.1) is 0 Å². The summed E-state index contributed by atoms with van der Waals surface area (Å²) in [5.41, 5.74) is 5.36. The molecule has 0 saturated heterocycles. The summed E-state index contributed by atoms with van der Waals surface area (Å²) in [6, 6.07) is 0. The third-order valence-electron chi connectivity index (χ3n) is 2.92. The Kier molecular flexibility index (Phi) is 23.7. The van der Waals surface area contributed by atoms with E-state index in [9.17, 15) is 0 Å². The number of rotatable bonds is 15. The molecule has 6 heteroatoms. The van der Waals surface area contributed by atoms with Crippen LogP contribution in [0.5, 0.6) is 0 Å². The zero-order valence-corrected chi connectivity index (χ0v) is 15.9. The van der Waals surface area contributed by atoms with Gasteiger partial charge in [-0.25, -0.2) is 0 Å². The summed E-state index contributed by atoms with van der Waals surface area (Å²) in [5.74, 6) is 0. The van der Waals surface area contributed by atoms with Gasteiger partial charge in [-0.05, 0) is 73.5 Å². The van der Waals surface area contributed by atoms with Gasteiger partial charge in [0.25, 0.3) is 0 Å². The van der Waals surface area contributed by atoms with Crippen molar-refractivity contribution in [2.75, 3.05) is 46.6 Å². The summed E-state index contributed by atoms with van der Waals surface area (Å²) in [4.78, 5) is 0. The zero-order valence-electron chi connectivity index (χ0n) is 15.9. The second-order valence-electron chi connectivity index (χ2n) is 4.86. The van der Waals surface area contributed by atoms with Gasteiger partial charge in [-0.3, -0.25) is 0 Å². The molecule has 0 amide bonds. The second-order valence-corrected chi connectivity index (χ2v) is 4.86.